The Morgan fingerprint density at radius 1 is 0.452 bits per heavy atom. The average molecular weight is 474 g/mol. The Hall–Kier alpha value is -1.76. The van der Waals surface area contributed by atoms with Gasteiger partial charge in [-0.2, -0.15) is 43.9 Å². The van der Waals surface area contributed by atoms with Crippen molar-refractivity contribution in [3.63, 3.8) is 0 Å². The molecule has 31 heavy (non-hydrogen) atoms. The lowest BCUT2D eigenvalue weighted by Gasteiger charge is -2.41. The summed E-state index contributed by atoms with van der Waals surface area (Å²) in [6, 6.07) is 0. The van der Waals surface area contributed by atoms with E-state index in [2.05, 4.69) is 0 Å². The summed E-state index contributed by atoms with van der Waals surface area (Å²) >= 11 is 0. The summed E-state index contributed by atoms with van der Waals surface area (Å²) in [6.07, 6.45) is 1.13. The fourth-order valence-corrected chi connectivity index (χ4v) is 3.45. The highest BCUT2D eigenvalue weighted by Crippen LogP contribution is 2.57. The number of nitrogens with zero attached hydrogens (tertiary/aromatic N) is 2. The highest BCUT2D eigenvalue weighted by molar-refractivity contribution is 5.86. The largest absolute Gasteiger partial charge is 0.392 e. The fourth-order valence-electron chi connectivity index (χ4n) is 3.45. The van der Waals surface area contributed by atoms with E-state index in [4.69, 9.17) is 0 Å². The fraction of sp³-hybridized carbons (Fsp3) is 0.882. The van der Waals surface area contributed by atoms with Crippen molar-refractivity contribution in [1.82, 2.24) is 9.80 Å². The third-order valence-electron chi connectivity index (χ3n) is 5.40. The van der Waals surface area contributed by atoms with Gasteiger partial charge in [-0.3, -0.25) is 9.59 Å². The number of carbonyl (C=O) groups is 2. The van der Waals surface area contributed by atoms with Gasteiger partial charge in [-0.25, -0.2) is 0 Å². The van der Waals surface area contributed by atoms with Crippen molar-refractivity contribution in [2.75, 3.05) is 26.2 Å². The molecule has 0 saturated carbocycles. The van der Waals surface area contributed by atoms with Gasteiger partial charge >= 0.3 is 29.6 Å². The molecular formula is C17H20F10N2O2. The molecule has 4 nitrogen and oxygen atoms in total. The molecule has 0 spiro atoms. The molecule has 0 bridgehead atoms. The zero-order valence-corrected chi connectivity index (χ0v) is 16.1. The van der Waals surface area contributed by atoms with Crippen LogP contribution in [0.5, 0.6) is 0 Å². The number of amides is 2. The molecule has 2 fully saturated rings. The van der Waals surface area contributed by atoms with Crippen LogP contribution in [-0.2, 0) is 9.59 Å². The standard InChI is InChI=1S/C17H20F10N2O2/c18-13(19,11(30)28-7-3-1-4-8-28)15(22,23)17(26,27)16(24,25)14(20,21)12(31)29-9-5-2-6-10-29/h1-10H2. The molecule has 2 amide bonds. The maximum absolute atomic E-state index is 14.1. The van der Waals surface area contributed by atoms with Gasteiger partial charge in [-0.15, -0.1) is 0 Å². The number of likely N-dealkylation sites (tertiary alicyclic amines) is 2. The number of hydrogen-bond donors (Lipinski definition) is 0. The lowest BCUT2D eigenvalue weighted by molar-refractivity contribution is -0.389. The topological polar surface area (TPSA) is 40.6 Å². The van der Waals surface area contributed by atoms with Crippen molar-refractivity contribution in [3.05, 3.63) is 0 Å². The molecule has 0 aromatic rings. The molecule has 2 saturated heterocycles. The molecule has 0 aliphatic carbocycles. The Morgan fingerprint density at radius 2 is 0.710 bits per heavy atom. The second-order valence-electron chi connectivity index (χ2n) is 7.58. The molecule has 2 rings (SSSR count). The molecule has 0 aromatic carbocycles. The summed E-state index contributed by atoms with van der Waals surface area (Å²) in [7, 11) is 0. The van der Waals surface area contributed by atoms with Gasteiger partial charge in [-0.05, 0) is 38.5 Å². The van der Waals surface area contributed by atoms with Crippen LogP contribution in [0.15, 0.2) is 0 Å². The highest BCUT2D eigenvalue weighted by atomic mass is 19.4. The van der Waals surface area contributed by atoms with E-state index in [9.17, 15) is 53.5 Å². The van der Waals surface area contributed by atoms with E-state index in [-0.39, 0.29) is 35.5 Å². The normalized spacial score (nSPS) is 20.1. The maximum atomic E-state index is 14.1. The van der Waals surface area contributed by atoms with Gasteiger partial charge in [0.2, 0.25) is 0 Å². The summed E-state index contributed by atoms with van der Waals surface area (Å²) in [4.78, 5) is 23.6. The van der Waals surface area contributed by atoms with Crippen LogP contribution < -0.4 is 0 Å². The first kappa shape index (κ1) is 25.5. The summed E-state index contributed by atoms with van der Waals surface area (Å²) in [5.74, 6) is -40.5. The van der Waals surface area contributed by atoms with Gasteiger partial charge < -0.3 is 9.80 Å². The second kappa shape index (κ2) is 8.30. The third-order valence-corrected chi connectivity index (χ3v) is 5.40. The van der Waals surface area contributed by atoms with Gasteiger partial charge in [0, 0.05) is 26.2 Å². The van der Waals surface area contributed by atoms with Crippen molar-refractivity contribution in [1.29, 1.82) is 0 Å². The molecule has 0 aromatic heterocycles. The number of rotatable bonds is 6. The minimum Gasteiger partial charge on any atom is -0.337 e. The molecule has 0 radical (unpaired) electrons. The number of carbonyl (C=O) groups excluding carboxylic acids is 2. The smallest absolute Gasteiger partial charge is 0.337 e. The predicted octanol–water partition coefficient (Wildman–Crippen LogP) is 4.19. The number of halogens is 10. The summed E-state index contributed by atoms with van der Waals surface area (Å²) < 4.78 is 140. The lowest BCUT2D eigenvalue weighted by atomic mass is 9.92. The molecule has 2 heterocycles. The SMILES string of the molecule is O=C(N1CCCCC1)C(F)(F)C(F)(F)C(F)(F)C(F)(F)C(F)(F)C(=O)N1CCCCC1. The van der Waals surface area contributed by atoms with Crippen LogP contribution in [0.4, 0.5) is 43.9 Å². The number of piperidine rings is 2. The molecule has 180 valence electrons. The lowest BCUT2D eigenvalue weighted by Crippen LogP contribution is -2.72. The van der Waals surface area contributed by atoms with Crippen LogP contribution in [0.2, 0.25) is 0 Å². The Morgan fingerprint density at radius 3 is 0.968 bits per heavy atom. The van der Waals surface area contributed by atoms with Crippen molar-refractivity contribution in [3.8, 4) is 0 Å². The molecule has 0 atom stereocenters. The van der Waals surface area contributed by atoms with Gasteiger partial charge in [0.15, 0.2) is 0 Å². The van der Waals surface area contributed by atoms with Crippen molar-refractivity contribution < 1.29 is 53.5 Å². The van der Waals surface area contributed by atoms with Gasteiger partial charge in [0.25, 0.3) is 11.8 Å². The highest BCUT2D eigenvalue weighted by Gasteiger charge is 2.89. The predicted molar refractivity (Wildman–Crippen MR) is 85.6 cm³/mol. The van der Waals surface area contributed by atoms with Gasteiger partial charge in [0.1, 0.15) is 0 Å². The van der Waals surface area contributed by atoms with Crippen molar-refractivity contribution in [2.45, 2.75) is 68.1 Å². The van der Waals surface area contributed by atoms with E-state index in [1.165, 1.54) is 0 Å². The minimum absolute atomic E-state index is 0.0718. The zero-order valence-electron chi connectivity index (χ0n) is 16.1. The Labute approximate surface area is 170 Å². The third kappa shape index (κ3) is 3.94. The Balaban J connectivity index is 2.38. The van der Waals surface area contributed by atoms with E-state index in [1.807, 2.05) is 0 Å². The first-order valence-electron chi connectivity index (χ1n) is 9.51. The van der Waals surface area contributed by atoms with Crippen molar-refractivity contribution >= 4 is 11.8 Å². The van der Waals surface area contributed by atoms with E-state index >= 15 is 0 Å². The second-order valence-corrected chi connectivity index (χ2v) is 7.58. The summed E-state index contributed by atoms with van der Waals surface area (Å²) in [6.45, 7) is -2.07. The first-order chi connectivity index (χ1) is 14.0. The Bertz CT molecular complexity index is 630. The van der Waals surface area contributed by atoms with Crippen LogP contribution in [-0.4, -0.2) is 77.4 Å². The van der Waals surface area contributed by atoms with E-state index in [1.54, 1.807) is 0 Å². The van der Waals surface area contributed by atoms with Crippen LogP contribution in [0, 0.1) is 0 Å². The molecule has 0 N–H and O–H groups in total. The molecule has 14 heteroatoms. The monoisotopic (exact) mass is 474 g/mol. The zero-order chi connectivity index (χ0) is 23.9. The summed E-state index contributed by atoms with van der Waals surface area (Å²) in [5.41, 5.74) is 0. The van der Waals surface area contributed by atoms with Crippen LogP contribution in [0.3, 0.4) is 0 Å². The van der Waals surface area contributed by atoms with E-state index < -0.39 is 67.6 Å². The average Bonchev–Trinajstić information content (AvgIpc) is 2.73. The van der Waals surface area contributed by atoms with Gasteiger partial charge in [0.05, 0.1) is 0 Å². The van der Waals surface area contributed by atoms with Crippen LogP contribution in [0.1, 0.15) is 38.5 Å². The minimum atomic E-state index is -7.44. The number of alkyl halides is 10. The number of hydrogen-bond acceptors (Lipinski definition) is 2. The van der Waals surface area contributed by atoms with E-state index in [0.717, 1.165) is 0 Å². The maximum Gasteiger partial charge on any atom is 0.392 e. The van der Waals surface area contributed by atoms with Crippen LogP contribution >= 0.6 is 0 Å². The van der Waals surface area contributed by atoms with Crippen molar-refractivity contribution in [2.24, 2.45) is 0 Å². The molecular weight excluding hydrogens is 454 g/mol. The molecule has 2 aliphatic heterocycles. The first-order valence-corrected chi connectivity index (χ1v) is 9.51. The Kier molecular flexibility index (Phi) is 6.83. The molecule has 2 aliphatic rings. The summed E-state index contributed by atoms with van der Waals surface area (Å²) in [5, 5.41) is 0. The quantitative estimate of drug-likeness (QED) is 0.542. The van der Waals surface area contributed by atoms with Gasteiger partial charge in [-0.1, -0.05) is 0 Å². The molecule has 0 unspecified atom stereocenters. The van der Waals surface area contributed by atoms with Crippen LogP contribution in [0.25, 0.3) is 0 Å². The van der Waals surface area contributed by atoms with E-state index in [0.29, 0.717) is 12.8 Å².